The number of alkyl halides is 3. The van der Waals surface area contributed by atoms with Gasteiger partial charge in [-0.25, -0.2) is 9.59 Å². The number of carbonyl (C=O) groups excluding carboxylic acids is 2. The third-order valence-corrected chi connectivity index (χ3v) is 6.32. The first-order chi connectivity index (χ1) is 15.9. The third-order valence-electron chi connectivity index (χ3n) is 4.99. The first kappa shape index (κ1) is 25.3. The molecule has 0 bridgehead atoms. The lowest BCUT2D eigenvalue weighted by molar-refractivity contribution is -0.274. The van der Waals surface area contributed by atoms with E-state index in [1.165, 1.54) is 13.8 Å². The number of esters is 2. The minimum Gasteiger partial charge on any atom is -0.462 e. The van der Waals surface area contributed by atoms with Crippen molar-refractivity contribution in [1.82, 2.24) is 0 Å². The molecule has 1 aromatic heterocycles. The molecule has 0 unspecified atom stereocenters. The van der Waals surface area contributed by atoms with Crippen LogP contribution in [0.15, 0.2) is 48.6 Å². The Morgan fingerprint density at radius 1 is 0.971 bits per heavy atom. The van der Waals surface area contributed by atoms with Gasteiger partial charge in [-0.3, -0.25) is 0 Å². The molecule has 0 atom stereocenters. The van der Waals surface area contributed by atoms with E-state index in [-0.39, 0.29) is 29.9 Å². The van der Waals surface area contributed by atoms with Crippen molar-refractivity contribution in [2.24, 2.45) is 0 Å². The van der Waals surface area contributed by atoms with E-state index in [0.29, 0.717) is 38.1 Å². The summed E-state index contributed by atoms with van der Waals surface area (Å²) >= 11 is 1.13. The lowest BCUT2D eigenvalue weighted by Crippen LogP contribution is -2.18. The van der Waals surface area contributed by atoms with Gasteiger partial charge in [0.25, 0.3) is 0 Å². The number of fused-ring (bicyclic) bond motifs is 3. The maximum atomic E-state index is 13.3. The summed E-state index contributed by atoms with van der Waals surface area (Å²) in [6.07, 6.45) is -4.37. The lowest BCUT2D eigenvalue weighted by Gasteiger charge is -2.14. The third kappa shape index (κ3) is 5.59. The van der Waals surface area contributed by atoms with Gasteiger partial charge in [-0.1, -0.05) is 25.3 Å². The summed E-state index contributed by atoms with van der Waals surface area (Å²) in [6.45, 7) is 11.9. The van der Waals surface area contributed by atoms with Gasteiger partial charge in [-0.15, -0.1) is 24.5 Å². The average Bonchev–Trinajstić information content (AvgIpc) is 3.13. The molecule has 34 heavy (non-hydrogen) atoms. The quantitative estimate of drug-likeness (QED) is 0.150. The highest BCUT2D eigenvalue weighted by atomic mass is 32.1. The molecule has 9 heteroatoms. The van der Waals surface area contributed by atoms with Crippen LogP contribution < -0.4 is 9.47 Å². The van der Waals surface area contributed by atoms with Crippen LogP contribution in [-0.4, -0.2) is 24.9 Å². The molecular weight excluding hydrogens is 469 g/mol. The van der Waals surface area contributed by atoms with Gasteiger partial charge in [0.05, 0.1) is 11.3 Å². The maximum absolute atomic E-state index is 13.3. The molecule has 180 valence electrons. The molecule has 5 nitrogen and oxygen atoms in total. The second-order valence-corrected chi connectivity index (χ2v) is 8.86. The van der Waals surface area contributed by atoms with Crippen molar-refractivity contribution in [2.75, 3.05) is 6.61 Å². The summed E-state index contributed by atoms with van der Waals surface area (Å²) in [7, 11) is 0. The highest BCUT2D eigenvalue weighted by Gasteiger charge is 2.33. The fourth-order valence-corrected chi connectivity index (χ4v) is 4.61. The van der Waals surface area contributed by atoms with Crippen molar-refractivity contribution >= 4 is 43.4 Å². The van der Waals surface area contributed by atoms with Crippen LogP contribution in [0.25, 0.3) is 20.2 Å². The molecule has 0 N–H and O–H groups in total. The number of hydrogen-bond donors (Lipinski definition) is 0. The Morgan fingerprint density at radius 3 is 2.21 bits per heavy atom. The van der Waals surface area contributed by atoms with E-state index in [4.69, 9.17) is 9.47 Å². The minimum absolute atomic E-state index is 0.0398. The first-order valence-corrected chi connectivity index (χ1v) is 11.1. The summed E-state index contributed by atoms with van der Waals surface area (Å²) in [4.78, 5) is 23.4. The molecule has 0 saturated carbocycles. The van der Waals surface area contributed by atoms with E-state index < -0.39 is 18.3 Å². The number of ether oxygens (including phenoxy) is 3. The molecule has 0 amide bonds. The first-order valence-electron chi connectivity index (χ1n) is 10.3. The van der Waals surface area contributed by atoms with Gasteiger partial charge in [-0.05, 0) is 51.3 Å². The Hall–Kier alpha value is -3.33. The molecule has 0 aliphatic carbocycles. The zero-order valence-corrected chi connectivity index (χ0v) is 19.7. The number of rotatable bonds is 8. The highest BCUT2D eigenvalue weighted by Crippen LogP contribution is 2.45. The number of carbonyl (C=O) groups is 2. The molecule has 0 radical (unpaired) electrons. The van der Waals surface area contributed by atoms with Crippen molar-refractivity contribution in [2.45, 2.75) is 40.0 Å². The van der Waals surface area contributed by atoms with E-state index in [0.717, 1.165) is 16.7 Å². The Labute approximate surface area is 198 Å². The molecule has 3 aromatic rings. The normalized spacial score (nSPS) is 11.5. The average molecular weight is 493 g/mol. The summed E-state index contributed by atoms with van der Waals surface area (Å²) < 4.78 is 55.7. The zero-order valence-electron chi connectivity index (χ0n) is 18.9. The molecule has 0 fully saturated rings. The van der Waals surface area contributed by atoms with Gasteiger partial charge >= 0.3 is 18.3 Å². The van der Waals surface area contributed by atoms with Gasteiger partial charge in [-0.2, -0.15) is 0 Å². The standard InChI is InChI=1S/C25H23F3O5S/c1-13(2)23(29)31-12-6-7-16-8-9-18-17-10-11-19(32-24(30)14(3)4)15(5)21(17)34-22(18)20(16)33-25(26,27)28/h8-11H,1,3,6-7,12H2,2,4-5H3. The zero-order chi connectivity index (χ0) is 25.2. The van der Waals surface area contributed by atoms with Gasteiger partial charge in [0, 0.05) is 32.2 Å². The molecule has 0 aliphatic rings. The Balaban J connectivity index is 2.02. The monoisotopic (exact) mass is 492 g/mol. The molecule has 2 aromatic carbocycles. The lowest BCUT2D eigenvalue weighted by atomic mass is 10.0. The van der Waals surface area contributed by atoms with Crippen LogP contribution in [0.1, 0.15) is 31.4 Å². The predicted octanol–water partition coefficient (Wildman–Crippen LogP) is 6.79. The van der Waals surface area contributed by atoms with Crippen LogP contribution in [0.2, 0.25) is 0 Å². The Kier molecular flexibility index (Phi) is 7.35. The maximum Gasteiger partial charge on any atom is 0.573 e. The van der Waals surface area contributed by atoms with Crippen molar-refractivity contribution in [3.63, 3.8) is 0 Å². The van der Waals surface area contributed by atoms with Crippen molar-refractivity contribution in [1.29, 1.82) is 0 Å². The number of hydrogen-bond acceptors (Lipinski definition) is 6. The van der Waals surface area contributed by atoms with E-state index in [2.05, 4.69) is 17.9 Å². The second-order valence-electron chi connectivity index (χ2n) is 7.84. The Morgan fingerprint density at radius 2 is 1.59 bits per heavy atom. The minimum atomic E-state index is -4.89. The summed E-state index contributed by atoms with van der Waals surface area (Å²) in [5.41, 5.74) is 1.44. The second kappa shape index (κ2) is 9.89. The highest BCUT2D eigenvalue weighted by molar-refractivity contribution is 7.26. The summed E-state index contributed by atoms with van der Waals surface area (Å²) in [6, 6.07) is 6.64. The van der Waals surface area contributed by atoms with E-state index >= 15 is 0 Å². The van der Waals surface area contributed by atoms with Gasteiger partial charge in [0.2, 0.25) is 0 Å². The fraction of sp³-hybridized carbons (Fsp3) is 0.280. The summed E-state index contributed by atoms with van der Waals surface area (Å²) in [5.74, 6) is -1.10. The van der Waals surface area contributed by atoms with Crippen LogP contribution in [0.3, 0.4) is 0 Å². The number of halogens is 3. The van der Waals surface area contributed by atoms with Crippen molar-refractivity contribution < 1.29 is 37.0 Å². The smallest absolute Gasteiger partial charge is 0.462 e. The van der Waals surface area contributed by atoms with E-state index in [1.807, 2.05) is 0 Å². The summed E-state index contributed by atoms with van der Waals surface area (Å²) in [5, 5.41) is 1.32. The van der Waals surface area contributed by atoms with E-state index in [9.17, 15) is 22.8 Å². The molecule has 0 aliphatic heterocycles. The number of benzene rings is 2. The van der Waals surface area contributed by atoms with Crippen LogP contribution in [-0.2, 0) is 20.7 Å². The van der Waals surface area contributed by atoms with Crippen LogP contribution in [0.4, 0.5) is 13.2 Å². The van der Waals surface area contributed by atoms with Gasteiger partial charge in [0.1, 0.15) is 11.5 Å². The largest absolute Gasteiger partial charge is 0.573 e. The predicted molar refractivity (Wildman–Crippen MR) is 125 cm³/mol. The van der Waals surface area contributed by atoms with Crippen molar-refractivity contribution in [3.05, 3.63) is 59.7 Å². The fourth-order valence-electron chi connectivity index (χ4n) is 3.31. The van der Waals surface area contributed by atoms with Crippen molar-refractivity contribution in [3.8, 4) is 11.5 Å². The molecule has 1 heterocycles. The number of thiophene rings is 1. The molecule has 3 rings (SSSR count). The number of aryl methyl sites for hydroxylation is 2. The van der Waals surface area contributed by atoms with E-state index in [1.54, 1.807) is 31.2 Å². The molecule has 0 saturated heterocycles. The van der Waals surface area contributed by atoms with Gasteiger partial charge < -0.3 is 14.2 Å². The van der Waals surface area contributed by atoms with Gasteiger partial charge in [0.15, 0.2) is 0 Å². The Bertz CT molecular complexity index is 1300. The van der Waals surface area contributed by atoms with Crippen LogP contribution >= 0.6 is 11.3 Å². The van der Waals surface area contributed by atoms with Crippen LogP contribution in [0, 0.1) is 6.92 Å². The molecular formula is C25H23F3O5S. The molecule has 0 spiro atoms. The SMILES string of the molecule is C=C(C)C(=O)OCCCc1ccc2c(sc3c(C)c(OC(=O)C(=C)C)ccc32)c1OC(F)(F)F. The topological polar surface area (TPSA) is 61.8 Å². The van der Waals surface area contributed by atoms with Crippen LogP contribution in [0.5, 0.6) is 11.5 Å².